The zero-order chi connectivity index (χ0) is 24.3. The number of fused-ring (bicyclic) bond motifs is 2. The van der Waals surface area contributed by atoms with E-state index in [-0.39, 0.29) is 17.3 Å². The van der Waals surface area contributed by atoms with Gasteiger partial charge in [-0.1, -0.05) is 6.07 Å². The zero-order valence-corrected chi connectivity index (χ0v) is 19.1. The van der Waals surface area contributed by atoms with E-state index < -0.39 is 17.7 Å². The van der Waals surface area contributed by atoms with E-state index in [0.29, 0.717) is 35.7 Å². The third kappa shape index (κ3) is 3.27. The van der Waals surface area contributed by atoms with Gasteiger partial charge in [0.1, 0.15) is 29.9 Å². The number of aliphatic hydroxyl groups is 1. The molecule has 6 rings (SSSR count). The smallest absolute Gasteiger partial charge is 0.302 e. The molecule has 0 radical (unpaired) electrons. The van der Waals surface area contributed by atoms with Gasteiger partial charge >= 0.3 is 5.91 Å². The number of hydrogen-bond donors (Lipinski definition) is 2. The zero-order valence-electron chi connectivity index (χ0n) is 19.1. The van der Waals surface area contributed by atoms with Gasteiger partial charge in [0.25, 0.3) is 5.78 Å². The number of aryl methyl sites for hydroxylation is 1. The number of likely N-dealkylation sites (N-methyl/N-ethyl adjacent to an activating group) is 1. The van der Waals surface area contributed by atoms with Crippen LogP contribution in [0.25, 0.3) is 16.8 Å². The largest absolute Gasteiger partial charge is 0.507 e. The number of ketones is 1. The number of aliphatic hydroxyl groups excluding tert-OH is 1. The summed E-state index contributed by atoms with van der Waals surface area (Å²) in [6, 6.07) is 13.2. The third-order valence-corrected chi connectivity index (χ3v) is 6.44. The van der Waals surface area contributed by atoms with Gasteiger partial charge in [-0.2, -0.15) is 0 Å². The molecule has 1 amide bonds. The number of nitrogens with zero attached hydrogens (tertiary/aromatic N) is 3. The Bertz CT molecular complexity index is 1520. The van der Waals surface area contributed by atoms with E-state index in [2.05, 4.69) is 9.97 Å². The Kier molecular flexibility index (Phi) is 4.67. The molecular formula is C26H22N4O5. The van der Waals surface area contributed by atoms with Crippen LogP contribution in [0.1, 0.15) is 22.9 Å². The van der Waals surface area contributed by atoms with Crippen molar-refractivity contribution >= 4 is 40.1 Å². The van der Waals surface area contributed by atoms with E-state index in [1.54, 1.807) is 30.3 Å². The lowest BCUT2D eigenvalue weighted by molar-refractivity contribution is -0.132. The minimum absolute atomic E-state index is 0.0686. The molecule has 2 N–H and O–H groups in total. The number of anilines is 2. The van der Waals surface area contributed by atoms with Crippen LogP contribution in [0.4, 0.5) is 11.6 Å². The SMILES string of the molecule is Cc1ccc2nc(N3C(=O)C(=O)/C(=C(/O)c4ccc5c(c4)N(C)CCO5)C3c3ccco3)[nH]c2c1. The second-order valence-electron chi connectivity index (χ2n) is 8.72. The number of Topliss-reactive ketones (excluding diaryl/α,β-unsaturated/α-hetero) is 1. The van der Waals surface area contributed by atoms with Gasteiger partial charge in [-0.3, -0.25) is 14.5 Å². The molecule has 35 heavy (non-hydrogen) atoms. The summed E-state index contributed by atoms with van der Waals surface area (Å²) in [4.78, 5) is 37.5. The van der Waals surface area contributed by atoms with Crippen LogP contribution in [0, 0.1) is 6.92 Å². The highest BCUT2D eigenvalue weighted by Gasteiger charge is 2.49. The number of benzene rings is 2. The van der Waals surface area contributed by atoms with Crippen LogP contribution in [0.5, 0.6) is 5.75 Å². The van der Waals surface area contributed by atoms with Crippen LogP contribution in [-0.4, -0.2) is 47.0 Å². The fourth-order valence-corrected chi connectivity index (χ4v) is 4.64. The topological polar surface area (TPSA) is 112 Å². The normalized spacial score (nSPS) is 19.3. The Morgan fingerprint density at radius 2 is 2.03 bits per heavy atom. The molecule has 1 atom stereocenters. The number of rotatable bonds is 3. The molecule has 0 saturated carbocycles. The Balaban J connectivity index is 1.52. The number of aromatic nitrogens is 2. The highest BCUT2D eigenvalue weighted by Crippen LogP contribution is 2.43. The molecule has 176 valence electrons. The monoisotopic (exact) mass is 470 g/mol. The number of nitrogens with one attached hydrogen (secondary N) is 1. The lowest BCUT2D eigenvalue weighted by atomic mass is 9.98. The first-order chi connectivity index (χ1) is 16.9. The summed E-state index contributed by atoms with van der Waals surface area (Å²) in [6.45, 7) is 3.21. The minimum atomic E-state index is -0.989. The number of carbonyl (C=O) groups is 2. The quantitative estimate of drug-likeness (QED) is 0.265. The van der Waals surface area contributed by atoms with Gasteiger partial charge in [-0.15, -0.1) is 0 Å². The average molecular weight is 470 g/mol. The van der Waals surface area contributed by atoms with Crippen LogP contribution < -0.4 is 14.5 Å². The van der Waals surface area contributed by atoms with E-state index in [1.165, 1.54) is 11.2 Å². The first-order valence-corrected chi connectivity index (χ1v) is 11.2. The third-order valence-electron chi connectivity index (χ3n) is 6.44. The molecule has 1 unspecified atom stereocenters. The van der Waals surface area contributed by atoms with Crippen molar-refractivity contribution in [3.63, 3.8) is 0 Å². The van der Waals surface area contributed by atoms with Gasteiger partial charge in [0.05, 0.1) is 35.1 Å². The number of ether oxygens (including phenoxy) is 1. The van der Waals surface area contributed by atoms with Crippen molar-refractivity contribution in [2.24, 2.45) is 0 Å². The molecule has 2 aliphatic rings. The Morgan fingerprint density at radius 3 is 2.83 bits per heavy atom. The summed E-state index contributed by atoms with van der Waals surface area (Å²) in [6.07, 6.45) is 1.46. The van der Waals surface area contributed by atoms with Gasteiger partial charge < -0.3 is 24.1 Å². The molecule has 2 aromatic carbocycles. The number of H-pyrrole nitrogens is 1. The Labute approximate surface area is 200 Å². The number of hydrogen-bond acceptors (Lipinski definition) is 7. The Hall–Kier alpha value is -4.53. The summed E-state index contributed by atoms with van der Waals surface area (Å²) < 4.78 is 11.3. The number of amides is 1. The van der Waals surface area contributed by atoms with Crippen LogP contribution in [0.3, 0.4) is 0 Å². The predicted octanol–water partition coefficient (Wildman–Crippen LogP) is 3.92. The molecule has 0 aliphatic carbocycles. The van der Waals surface area contributed by atoms with E-state index in [4.69, 9.17) is 9.15 Å². The highest BCUT2D eigenvalue weighted by molar-refractivity contribution is 6.51. The molecule has 2 aromatic heterocycles. The van der Waals surface area contributed by atoms with Gasteiger partial charge in [-0.25, -0.2) is 4.98 Å². The molecule has 4 aromatic rings. The number of furan rings is 1. The van der Waals surface area contributed by atoms with Crippen molar-refractivity contribution in [3.05, 3.63) is 77.3 Å². The highest BCUT2D eigenvalue weighted by atomic mass is 16.5. The first-order valence-electron chi connectivity index (χ1n) is 11.2. The minimum Gasteiger partial charge on any atom is -0.507 e. The number of aromatic amines is 1. The van der Waals surface area contributed by atoms with E-state index >= 15 is 0 Å². The van der Waals surface area contributed by atoms with E-state index in [1.807, 2.05) is 37.1 Å². The molecule has 9 nitrogen and oxygen atoms in total. The van der Waals surface area contributed by atoms with Crippen molar-refractivity contribution in [1.82, 2.24) is 9.97 Å². The maximum absolute atomic E-state index is 13.3. The lowest BCUT2D eigenvalue weighted by Gasteiger charge is -2.28. The van der Waals surface area contributed by atoms with Crippen molar-refractivity contribution in [2.45, 2.75) is 13.0 Å². The van der Waals surface area contributed by atoms with Crippen LogP contribution in [-0.2, 0) is 9.59 Å². The standard InChI is InChI=1S/C26H22N4O5/c1-14-5-7-16-17(12-14)28-26(27-16)30-22(20-4-3-10-34-20)21(24(32)25(30)33)23(31)15-6-8-19-18(13-15)29(2)9-11-35-19/h3-8,10,12-13,22,31H,9,11H2,1-2H3,(H,27,28)/b23-21+. The van der Waals surface area contributed by atoms with Crippen LogP contribution in [0.15, 0.2) is 64.8 Å². The molecule has 1 saturated heterocycles. The summed E-state index contributed by atoms with van der Waals surface area (Å²) in [5.41, 5.74) is 3.54. The van der Waals surface area contributed by atoms with Gasteiger partial charge in [-0.05, 0) is 55.0 Å². The summed E-state index contributed by atoms with van der Waals surface area (Å²) in [5, 5.41) is 11.4. The van der Waals surface area contributed by atoms with Crippen LogP contribution in [0.2, 0.25) is 0 Å². The second kappa shape index (κ2) is 7.76. The van der Waals surface area contributed by atoms with E-state index in [9.17, 15) is 14.7 Å². The second-order valence-corrected chi connectivity index (χ2v) is 8.72. The average Bonchev–Trinajstić information content (AvgIpc) is 3.57. The summed E-state index contributed by atoms with van der Waals surface area (Å²) in [5.74, 6) is -0.686. The van der Waals surface area contributed by atoms with Crippen molar-refractivity contribution < 1.29 is 23.8 Å². The predicted molar refractivity (Wildman–Crippen MR) is 130 cm³/mol. The van der Waals surface area contributed by atoms with Gasteiger partial charge in [0.2, 0.25) is 5.95 Å². The van der Waals surface area contributed by atoms with Crippen LogP contribution >= 0.6 is 0 Å². The molecule has 4 heterocycles. The molecule has 1 fully saturated rings. The molecule has 0 bridgehead atoms. The number of imidazole rings is 1. The van der Waals surface area contributed by atoms with E-state index in [0.717, 1.165) is 16.8 Å². The molecule has 2 aliphatic heterocycles. The first kappa shape index (κ1) is 21.0. The van der Waals surface area contributed by atoms with Gasteiger partial charge in [0, 0.05) is 12.6 Å². The molecule has 9 heteroatoms. The van der Waals surface area contributed by atoms with Crippen molar-refractivity contribution in [2.75, 3.05) is 30.0 Å². The fourth-order valence-electron chi connectivity index (χ4n) is 4.64. The molecule has 0 spiro atoms. The van der Waals surface area contributed by atoms with Gasteiger partial charge in [0.15, 0.2) is 0 Å². The summed E-state index contributed by atoms with van der Waals surface area (Å²) >= 11 is 0. The maximum atomic E-state index is 13.3. The van der Waals surface area contributed by atoms with Crippen molar-refractivity contribution in [3.8, 4) is 5.75 Å². The maximum Gasteiger partial charge on any atom is 0.302 e. The fraction of sp³-hybridized carbons (Fsp3) is 0.192. The lowest BCUT2D eigenvalue weighted by Crippen LogP contribution is -2.30. The Morgan fingerprint density at radius 1 is 1.17 bits per heavy atom. The summed E-state index contributed by atoms with van der Waals surface area (Å²) in [7, 11) is 1.93. The van der Waals surface area contributed by atoms with Crippen molar-refractivity contribution in [1.29, 1.82) is 0 Å². The molecular weight excluding hydrogens is 448 g/mol. The number of carbonyl (C=O) groups excluding carboxylic acids is 2.